The highest BCUT2D eigenvalue weighted by molar-refractivity contribution is 5.27. The van der Waals surface area contributed by atoms with Crippen LogP contribution in [0.4, 0.5) is 13.2 Å². The van der Waals surface area contributed by atoms with Gasteiger partial charge in [0.25, 0.3) is 0 Å². The van der Waals surface area contributed by atoms with Gasteiger partial charge in [0.15, 0.2) is 0 Å². The summed E-state index contributed by atoms with van der Waals surface area (Å²) in [7, 11) is 0. The van der Waals surface area contributed by atoms with Crippen LogP contribution in [-0.2, 0) is 6.42 Å². The Morgan fingerprint density at radius 1 is 1.27 bits per heavy atom. The Hall–Kier alpha value is -1.23. The molecule has 0 fully saturated rings. The zero-order valence-corrected chi connectivity index (χ0v) is 8.01. The summed E-state index contributed by atoms with van der Waals surface area (Å²) in [6.07, 6.45) is -3.71. The monoisotopic (exact) mass is 219 g/mol. The van der Waals surface area contributed by atoms with E-state index in [2.05, 4.69) is 5.32 Å². The second-order valence-corrected chi connectivity index (χ2v) is 3.21. The van der Waals surface area contributed by atoms with Crippen LogP contribution in [0.1, 0.15) is 5.56 Å². The van der Waals surface area contributed by atoms with Crippen LogP contribution in [0.2, 0.25) is 0 Å². The lowest BCUT2D eigenvalue weighted by Crippen LogP contribution is -2.30. The Morgan fingerprint density at radius 3 is 2.60 bits per heavy atom. The van der Waals surface area contributed by atoms with Crippen LogP contribution in [0.3, 0.4) is 0 Å². The maximum atomic E-state index is 11.7. The summed E-state index contributed by atoms with van der Waals surface area (Å²) in [6.45, 7) is -0.741. The van der Waals surface area contributed by atoms with Gasteiger partial charge in [0.05, 0.1) is 6.54 Å². The largest absolute Gasteiger partial charge is 0.508 e. The second kappa shape index (κ2) is 5.02. The lowest BCUT2D eigenvalue weighted by atomic mass is 10.1. The molecule has 15 heavy (non-hydrogen) atoms. The molecule has 0 aliphatic carbocycles. The van der Waals surface area contributed by atoms with Gasteiger partial charge in [0, 0.05) is 0 Å². The van der Waals surface area contributed by atoms with Crippen molar-refractivity contribution in [3.8, 4) is 5.75 Å². The van der Waals surface area contributed by atoms with E-state index in [0.29, 0.717) is 6.42 Å². The molecule has 0 aliphatic heterocycles. The van der Waals surface area contributed by atoms with Crippen molar-refractivity contribution < 1.29 is 18.3 Å². The van der Waals surface area contributed by atoms with Crippen molar-refractivity contribution >= 4 is 0 Å². The van der Waals surface area contributed by atoms with Crippen molar-refractivity contribution in [3.63, 3.8) is 0 Å². The smallest absolute Gasteiger partial charge is 0.401 e. The third-order valence-electron chi connectivity index (χ3n) is 1.83. The Kier molecular flexibility index (Phi) is 3.96. The molecule has 0 saturated heterocycles. The molecule has 1 aromatic carbocycles. The molecular formula is C10H12F3NO. The van der Waals surface area contributed by atoms with E-state index in [1.54, 1.807) is 12.1 Å². The first-order valence-electron chi connectivity index (χ1n) is 4.53. The number of phenolic OH excluding ortho intramolecular Hbond substituents is 1. The van der Waals surface area contributed by atoms with Crippen molar-refractivity contribution in [2.24, 2.45) is 0 Å². The highest BCUT2D eigenvalue weighted by Gasteiger charge is 2.25. The van der Waals surface area contributed by atoms with E-state index in [4.69, 9.17) is 5.11 Å². The van der Waals surface area contributed by atoms with Crippen LogP contribution in [0.25, 0.3) is 0 Å². The summed E-state index contributed by atoms with van der Waals surface area (Å²) in [5.74, 6) is 0.128. The fourth-order valence-electron chi connectivity index (χ4n) is 1.17. The molecule has 0 spiro atoms. The van der Waals surface area contributed by atoms with Crippen LogP contribution in [-0.4, -0.2) is 24.4 Å². The molecule has 0 bridgehead atoms. The maximum absolute atomic E-state index is 11.7. The predicted molar refractivity (Wildman–Crippen MR) is 50.7 cm³/mol. The third-order valence-corrected chi connectivity index (χ3v) is 1.83. The Morgan fingerprint density at radius 2 is 2.00 bits per heavy atom. The molecular weight excluding hydrogens is 207 g/mol. The average molecular weight is 219 g/mol. The van der Waals surface area contributed by atoms with Gasteiger partial charge in [-0.2, -0.15) is 13.2 Å². The molecule has 0 unspecified atom stereocenters. The predicted octanol–water partition coefficient (Wildman–Crippen LogP) is 2.09. The molecule has 0 amide bonds. The van der Waals surface area contributed by atoms with E-state index in [0.717, 1.165) is 5.56 Å². The molecule has 2 N–H and O–H groups in total. The van der Waals surface area contributed by atoms with Gasteiger partial charge in [-0.25, -0.2) is 0 Å². The van der Waals surface area contributed by atoms with Gasteiger partial charge < -0.3 is 10.4 Å². The first kappa shape index (κ1) is 11.8. The van der Waals surface area contributed by atoms with Crippen LogP contribution in [0, 0.1) is 0 Å². The number of halogens is 3. The fraction of sp³-hybridized carbons (Fsp3) is 0.400. The van der Waals surface area contributed by atoms with Crippen molar-refractivity contribution in [1.29, 1.82) is 0 Å². The van der Waals surface area contributed by atoms with Gasteiger partial charge >= 0.3 is 6.18 Å². The van der Waals surface area contributed by atoms with E-state index >= 15 is 0 Å². The van der Waals surface area contributed by atoms with E-state index in [-0.39, 0.29) is 12.3 Å². The van der Waals surface area contributed by atoms with E-state index in [9.17, 15) is 13.2 Å². The number of phenols is 1. The van der Waals surface area contributed by atoms with Gasteiger partial charge in [-0.3, -0.25) is 0 Å². The number of hydrogen-bond acceptors (Lipinski definition) is 2. The number of alkyl halides is 3. The topological polar surface area (TPSA) is 32.3 Å². The molecule has 0 aromatic heterocycles. The van der Waals surface area contributed by atoms with Crippen molar-refractivity contribution in [1.82, 2.24) is 5.32 Å². The number of hydrogen-bond donors (Lipinski definition) is 2. The summed E-state index contributed by atoms with van der Waals surface area (Å²) in [4.78, 5) is 0. The number of aromatic hydroxyl groups is 1. The summed E-state index contributed by atoms with van der Waals surface area (Å²) in [5.41, 5.74) is 0.810. The van der Waals surface area contributed by atoms with Crippen LogP contribution in [0.15, 0.2) is 24.3 Å². The summed E-state index contributed by atoms with van der Waals surface area (Å²) >= 11 is 0. The van der Waals surface area contributed by atoms with Crippen molar-refractivity contribution in [3.05, 3.63) is 29.8 Å². The Labute approximate surface area is 85.7 Å². The molecule has 0 atom stereocenters. The lowest BCUT2D eigenvalue weighted by molar-refractivity contribution is -0.124. The minimum absolute atomic E-state index is 0.128. The molecule has 0 heterocycles. The molecule has 2 nitrogen and oxygen atoms in total. The summed E-state index contributed by atoms with van der Waals surface area (Å²) in [5, 5.41) is 11.4. The first-order chi connectivity index (χ1) is 6.97. The van der Waals surface area contributed by atoms with Gasteiger partial charge in [0.2, 0.25) is 0 Å². The number of nitrogens with one attached hydrogen (secondary N) is 1. The zero-order valence-electron chi connectivity index (χ0n) is 8.01. The summed E-state index contributed by atoms with van der Waals surface area (Å²) in [6, 6.07) is 6.48. The molecule has 0 radical (unpaired) electrons. The number of benzene rings is 1. The first-order valence-corrected chi connectivity index (χ1v) is 4.53. The quantitative estimate of drug-likeness (QED) is 0.760. The molecule has 84 valence electrons. The Bertz CT molecular complexity index is 312. The van der Waals surface area contributed by atoms with Crippen molar-refractivity contribution in [2.45, 2.75) is 12.6 Å². The van der Waals surface area contributed by atoms with E-state index in [1.165, 1.54) is 12.1 Å². The normalized spacial score (nSPS) is 11.7. The molecule has 1 rings (SSSR count). The zero-order chi connectivity index (χ0) is 11.3. The average Bonchev–Trinajstić information content (AvgIpc) is 2.11. The Balaban J connectivity index is 2.26. The standard InChI is InChI=1S/C10H12F3NO/c11-10(12,13)7-14-5-4-8-2-1-3-9(15)6-8/h1-3,6,14-15H,4-5,7H2. The fourth-order valence-corrected chi connectivity index (χ4v) is 1.17. The molecule has 1 aromatic rings. The minimum atomic E-state index is -4.17. The molecule has 5 heteroatoms. The SMILES string of the molecule is Oc1cccc(CCNCC(F)(F)F)c1. The van der Waals surface area contributed by atoms with Crippen LogP contribution < -0.4 is 5.32 Å². The van der Waals surface area contributed by atoms with Gasteiger partial charge in [-0.15, -0.1) is 0 Å². The second-order valence-electron chi connectivity index (χ2n) is 3.21. The van der Waals surface area contributed by atoms with E-state index in [1.807, 2.05) is 0 Å². The van der Waals surface area contributed by atoms with Crippen LogP contribution in [0.5, 0.6) is 5.75 Å². The lowest BCUT2D eigenvalue weighted by Gasteiger charge is -2.08. The maximum Gasteiger partial charge on any atom is 0.401 e. The summed E-state index contributed by atoms with van der Waals surface area (Å²) < 4.78 is 35.2. The van der Waals surface area contributed by atoms with Gasteiger partial charge in [-0.05, 0) is 30.7 Å². The van der Waals surface area contributed by atoms with Crippen molar-refractivity contribution in [2.75, 3.05) is 13.1 Å². The third kappa shape index (κ3) is 5.27. The van der Waals surface area contributed by atoms with Gasteiger partial charge in [-0.1, -0.05) is 12.1 Å². The van der Waals surface area contributed by atoms with E-state index < -0.39 is 12.7 Å². The molecule has 0 saturated carbocycles. The van der Waals surface area contributed by atoms with Gasteiger partial charge in [0.1, 0.15) is 5.75 Å². The highest BCUT2D eigenvalue weighted by atomic mass is 19.4. The highest BCUT2D eigenvalue weighted by Crippen LogP contribution is 2.13. The molecule has 0 aliphatic rings. The van der Waals surface area contributed by atoms with Crippen LogP contribution >= 0.6 is 0 Å². The number of rotatable bonds is 4. The minimum Gasteiger partial charge on any atom is -0.508 e.